The Morgan fingerprint density at radius 1 is 1.00 bits per heavy atom. The normalized spacial score (nSPS) is 12.4. The third-order valence-corrected chi connectivity index (χ3v) is 2.87. The average Bonchev–Trinajstić information content (AvgIpc) is 2.40. The zero-order valence-corrected chi connectivity index (χ0v) is 9.81. The smallest absolute Gasteiger partial charge is 0.129 e. The molecule has 0 amide bonds. The van der Waals surface area contributed by atoms with Gasteiger partial charge in [-0.05, 0) is 36.6 Å². The highest BCUT2D eigenvalue weighted by Gasteiger charge is 2.13. The summed E-state index contributed by atoms with van der Waals surface area (Å²) in [5.41, 5.74) is 1.08. The summed E-state index contributed by atoms with van der Waals surface area (Å²) in [6, 6.07) is 12.7. The maximum Gasteiger partial charge on any atom is 0.129 e. The number of benzene rings is 2. The van der Waals surface area contributed by atoms with Crippen LogP contribution in [0.5, 0.6) is 0 Å². The van der Waals surface area contributed by atoms with Crippen molar-refractivity contribution in [2.45, 2.75) is 18.9 Å². The molecular weight excluding hydrogens is 234 g/mol. The zero-order valence-electron chi connectivity index (χ0n) is 9.81. The minimum atomic E-state index is -0.985. The first kappa shape index (κ1) is 12.7. The molecule has 0 saturated heterocycles. The van der Waals surface area contributed by atoms with Crippen LogP contribution in [0.25, 0.3) is 0 Å². The van der Waals surface area contributed by atoms with E-state index in [-0.39, 0.29) is 5.56 Å². The van der Waals surface area contributed by atoms with E-state index in [1.54, 1.807) is 0 Å². The molecule has 94 valence electrons. The average molecular weight is 248 g/mol. The summed E-state index contributed by atoms with van der Waals surface area (Å²) in [4.78, 5) is 0. The lowest BCUT2D eigenvalue weighted by Crippen LogP contribution is -2.03. The number of hydrogen-bond acceptors (Lipinski definition) is 1. The largest absolute Gasteiger partial charge is 0.388 e. The Morgan fingerprint density at radius 2 is 1.72 bits per heavy atom. The lowest BCUT2D eigenvalue weighted by molar-refractivity contribution is 0.162. The molecule has 2 aromatic carbocycles. The Morgan fingerprint density at radius 3 is 2.44 bits per heavy atom. The van der Waals surface area contributed by atoms with Crippen molar-refractivity contribution < 1.29 is 13.9 Å². The van der Waals surface area contributed by atoms with Gasteiger partial charge in [0.15, 0.2) is 0 Å². The fourth-order valence-electron chi connectivity index (χ4n) is 1.87. The van der Waals surface area contributed by atoms with Gasteiger partial charge in [0, 0.05) is 5.56 Å². The second kappa shape index (κ2) is 5.74. The van der Waals surface area contributed by atoms with Crippen LogP contribution in [0, 0.1) is 11.6 Å². The second-order valence-electron chi connectivity index (χ2n) is 4.21. The van der Waals surface area contributed by atoms with E-state index in [1.165, 1.54) is 0 Å². The highest BCUT2D eigenvalue weighted by atomic mass is 19.1. The zero-order chi connectivity index (χ0) is 13.0. The van der Waals surface area contributed by atoms with E-state index in [2.05, 4.69) is 0 Å². The van der Waals surface area contributed by atoms with E-state index < -0.39 is 17.7 Å². The van der Waals surface area contributed by atoms with Gasteiger partial charge in [0.05, 0.1) is 6.10 Å². The van der Waals surface area contributed by atoms with Gasteiger partial charge in [-0.3, -0.25) is 0 Å². The van der Waals surface area contributed by atoms with Crippen LogP contribution in [-0.4, -0.2) is 5.11 Å². The molecule has 0 aliphatic heterocycles. The molecule has 2 rings (SSSR count). The number of aliphatic hydroxyl groups excluding tert-OH is 1. The number of rotatable bonds is 4. The van der Waals surface area contributed by atoms with Crippen molar-refractivity contribution in [1.29, 1.82) is 0 Å². The SMILES string of the molecule is OC(CCc1ccccc1)c1cc(F)ccc1F. The molecule has 0 spiro atoms. The van der Waals surface area contributed by atoms with Crippen LogP contribution in [0.4, 0.5) is 8.78 Å². The summed E-state index contributed by atoms with van der Waals surface area (Å²) >= 11 is 0. The van der Waals surface area contributed by atoms with Crippen LogP contribution >= 0.6 is 0 Å². The maximum absolute atomic E-state index is 13.4. The van der Waals surface area contributed by atoms with Gasteiger partial charge in [0.25, 0.3) is 0 Å². The summed E-state index contributed by atoms with van der Waals surface area (Å²) in [5, 5.41) is 9.88. The monoisotopic (exact) mass is 248 g/mol. The summed E-state index contributed by atoms with van der Waals surface area (Å²) in [7, 11) is 0. The van der Waals surface area contributed by atoms with Crippen LogP contribution in [0.1, 0.15) is 23.7 Å². The third-order valence-electron chi connectivity index (χ3n) is 2.87. The Balaban J connectivity index is 2.03. The minimum Gasteiger partial charge on any atom is -0.388 e. The maximum atomic E-state index is 13.4. The first-order valence-electron chi connectivity index (χ1n) is 5.84. The van der Waals surface area contributed by atoms with E-state index in [1.807, 2.05) is 30.3 Å². The Labute approximate surface area is 105 Å². The molecule has 1 unspecified atom stereocenters. The number of aryl methyl sites for hydroxylation is 1. The molecule has 1 atom stereocenters. The molecule has 1 N–H and O–H groups in total. The van der Waals surface area contributed by atoms with Gasteiger partial charge >= 0.3 is 0 Å². The summed E-state index contributed by atoms with van der Waals surface area (Å²) in [6.45, 7) is 0. The Kier molecular flexibility index (Phi) is 4.05. The van der Waals surface area contributed by atoms with Crippen LogP contribution in [-0.2, 0) is 6.42 Å². The molecule has 3 heteroatoms. The van der Waals surface area contributed by atoms with Crippen molar-refractivity contribution in [3.8, 4) is 0 Å². The fraction of sp³-hybridized carbons (Fsp3) is 0.200. The number of hydrogen-bond donors (Lipinski definition) is 1. The van der Waals surface area contributed by atoms with E-state index in [0.29, 0.717) is 12.8 Å². The molecule has 0 bridgehead atoms. The van der Waals surface area contributed by atoms with Gasteiger partial charge in [-0.15, -0.1) is 0 Å². The Hall–Kier alpha value is -1.74. The van der Waals surface area contributed by atoms with E-state index in [4.69, 9.17) is 0 Å². The molecule has 0 aliphatic rings. The van der Waals surface area contributed by atoms with Crippen LogP contribution in [0.2, 0.25) is 0 Å². The third kappa shape index (κ3) is 3.14. The van der Waals surface area contributed by atoms with Gasteiger partial charge in [-0.1, -0.05) is 30.3 Å². The van der Waals surface area contributed by atoms with Gasteiger partial charge in [0.2, 0.25) is 0 Å². The van der Waals surface area contributed by atoms with Crippen molar-refractivity contribution in [3.05, 3.63) is 71.3 Å². The van der Waals surface area contributed by atoms with Crippen molar-refractivity contribution >= 4 is 0 Å². The molecule has 2 aromatic rings. The lowest BCUT2D eigenvalue weighted by Gasteiger charge is -2.12. The lowest BCUT2D eigenvalue weighted by atomic mass is 10.0. The number of aliphatic hydroxyl groups is 1. The van der Waals surface area contributed by atoms with E-state index in [9.17, 15) is 13.9 Å². The van der Waals surface area contributed by atoms with Crippen molar-refractivity contribution in [1.82, 2.24) is 0 Å². The number of halogens is 2. The molecule has 18 heavy (non-hydrogen) atoms. The standard InChI is InChI=1S/C15H14F2O/c16-12-7-8-14(17)13(10-12)15(18)9-6-11-4-2-1-3-5-11/h1-5,7-8,10,15,18H,6,9H2. The molecule has 0 aliphatic carbocycles. The molecule has 0 fully saturated rings. The van der Waals surface area contributed by atoms with Crippen molar-refractivity contribution in [2.75, 3.05) is 0 Å². The molecular formula is C15H14F2O. The summed E-state index contributed by atoms with van der Waals surface area (Å²) in [5.74, 6) is -1.11. The van der Waals surface area contributed by atoms with E-state index >= 15 is 0 Å². The first-order chi connectivity index (χ1) is 8.66. The predicted molar refractivity (Wildman–Crippen MR) is 66.1 cm³/mol. The summed E-state index contributed by atoms with van der Waals surface area (Å²) < 4.78 is 26.4. The highest BCUT2D eigenvalue weighted by molar-refractivity contribution is 5.22. The van der Waals surface area contributed by atoms with Gasteiger partial charge < -0.3 is 5.11 Å². The quantitative estimate of drug-likeness (QED) is 0.876. The molecule has 1 nitrogen and oxygen atoms in total. The molecule has 0 aromatic heterocycles. The fourth-order valence-corrected chi connectivity index (χ4v) is 1.87. The topological polar surface area (TPSA) is 20.2 Å². The van der Waals surface area contributed by atoms with Crippen LogP contribution < -0.4 is 0 Å². The Bertz CT molecular complexity index is 511. The van der Waals surface area contributed by atoms with Crippen molar-refractivity contribution in [3.63, 3.8) is 0 Å². The highest BCUT2D eigenvalue weighted by Crippen LogP contribution is 2.22. The predicted octanol–water partition coefficient (Wildman–Crippen LogP) is 3.63. The van der Waals surface area contributed by atoms with E-state index in [0.717, 1.165) is 23.8 Å². The molecule has 0 saturated carbocycles. The van der Waals surface area contributed by atoms with Crippen LogP contribution in [0.15, 0.2) is 48.5 Å². The van der Waals surface area contributed by atoms with Crippen LogP contribution in [0.3, 0.4) is 0 Å². The van der Waals surface area contributed by atoms with Gasteiger partial charge in [0.1, 0.15) is 11.6 Å². The molecule has 0 radical (unpaired) electrons. The van der Waals surface area contributed by atoms with Gasteiger partial charge in [-0.2, -0.15) is 0 Å². The molecule has 0 heterocycles. The summed E-state index contributed by atoms with van der Waals surface area (Å²) in [6.07, 6.45) is 0.00317. The minimum absolute atomic E-state index is 0.0194. The first-order valence-corrected chi connectivity index (χ1v) is 5.84. The van der Waals surface area contributed by atoms with Crippen molar-refractivity contribution in [2.24, 2.45) is 0 Å². The second-order valence-corrected chi connectivity index (χ2v) is 4.21. The van der Waals surface area contributed by atoms with Gasteiger partial charge in [-0.25, -0.2) is 8.78 Å².